The van der Waals surface area contributed by atoms with E-state index in [1.165, 1.54) is 11.8 Å². The maximum absolute atomic E-state index is 12.7. The summed E-state index contributed by atoms with van der Waals surface area (Å²) >= 11 is 19.2. The van der Waals surface area contributed by atoms with Gasteiger partial charge in [0, 0.05) is 33.7 Å². The summed E-state index contributed by atoms with van der Waals surface area (Å²) in [6, 6.07) is 11.8. The molecule has 1 N–H and O–H groups in total. The third kappa shape index (κ3) is 5.20. The normalized spacial score (nSPS) is 18.4. The number of amidine groups is 1. The minimum Gasteiger partial charge on any atom is -0.325 e. The molecular formula is C19H16Cl3N3O2S. The van der Waals surface area contributed by atoms with Crippen LogP contribution in [0.5, 0.6) is 0 Å². The van der Waals surface area contributed by atoms with Gasteiger partial charge in [-0.1, -0.05) is 52.6 Å². The van der Waals surface area contributed by atoms with Crippen molar-refractivity contribution in [3.8, 4) is 0 Å². The lowest BCUT2D eigenvalue weighted by Gasteiger charge is -2.30. The SMILES string of the molecule is CCN1C(=O)CC(C(=O)Nc2cc(Cl)cc(Cl)c2)SC1=Nc1cccc(Cl)c1. The lowest BCUT2D eigenvalue weighted by molar-refractivity contribution is -0.129. The van der Waals surface area contributed by atoms with Crippen molar-refractivity contribution < 1.29 is 9.59 Å². The van der Waals surface area contributed by atoms with Crippen molar-refractivity contribution in [1.29, 1.82) is 0 Å². The Morgan fingerprint density at radius 1 is 1.18 bits per heavy atom. The van der Waals surface area contributed by atoms with Gasteiger partial charge in [0.05, 0.1) is 5.69 Å². The highest BCUT2D eigenvalue weighted by atomic mass is 35.5. The van der Waals surface area contributed by atoms with Crippen LogP contribution in [0.3, 0.4) is 0 Å². The molecule has 2 amide bonds. The molecule has 2 aromatic carbocycles. The van der Waals surface area contributed by atoms with Crippen LogP contribution in [-0.2, 0) is 9.59 Å². The Labute approximate surface area is 182 Å². The van der Waals surface area contributed by atoms with Gasteiger partial charge in [0.2, 0.25) is 11.8 Å². The van der Waals surface area contributed by atoms with Gasteiger partial charge in [0.1, 0.15) is 5.25 Å². The molecule has 0 bridgehead atoms. The zero-order valence-corrected chi connectivity index (χ0v) is 17.9. The molecule has 0 aromatic heterocycles. The minimum atomic E-state index is -0.619. The Hall–Kier alpha value is -1.73. The van der Waals surface area contributed by atoms with Gasteiger partial charge < -0.3 is 5.32 Å². The van der Waals surface area contributed by atoms with Gasteiger partial charge in [-0.15, -0.1) is 0 Å². The van der Waals surface area contributed by atoms with Crippen LogP contribution in [-0.4, -0.2) is 33.7 Å². The summed E-state index contributed by atoms with van der Waals surface area (Å²) in [4.78, 5) is 31.4. The smallest absolute Gasteiger partial charge is 0.238 e. The van der Waals surface area contributed by atoms with Crippen LogP contribution in [0.25, 0.3) is 0 Å². The summed E-state index contributed by atoms with van der Waals surface area (Å²) in [5, 5.41) is 3.98. The highest BCUT2D eigenvalue weighted by Crippen LogP contribution is 2.31. The molecular weight excluding hydrogens is 441 g/mol. The number of aliphatic imine (C=N–C) groups is 1. The second kappa shape index (κ2) is 9.18. The topological polar surface area (TPSA) is 61.8 Å². The van der Waals surface area contributed by atoms with E-state index >= 15 is 0 Å². The summed E-state index contributed by atoms with van der Waals surface area (Å²) in [6.45, 7) is 2.32. The molecule has 1 aliphatic heterocycles. The van der Waals surface area contributed by atoms with E-state index in [9.17, 15) is 9.59 Å². The van der Waals surface area contributed by atoms with Crippen LogP contribution in [0.4, 0.5) is 11.4 Å². The maximum Gasteiger partial charge on any atom is 0.238 e. The van der Waals surface area contributed by atoms with Crippen LogP contribution in [0, 0.1) is 0 Å². The first-order valence-corrected chi connectivity index (χ1v) is 10.5. The lowest BCUT2D eigenvalue weighted by Crippen LogP contribution is -2.45. The highest BCUT2D eigenvalue weighted by Gasteiger charge is 2.35. The Morgan fingerprint density at radius 3 is 2.54 bits per heavy atom. The molecule has 9 heteroatoms. The number of rotatable bonds is 4. The number of nitrogens with one attached hydrogen (secondary N) is 1. The number of hydrogen-bond acceptors (Lipinski definition) is 4. The third-order valence-electron chi connectivity index (χ3n) is 3.91. The second-order valence-electron chi connectivity index (χ2n) is 5.97. The molecule has 5 nitrogen and oxygen atoms in total. The number of thioether (sulfide) groups is 1. The van der Waals surface area contributed by atoms with Gasteiger partial charge in [0.15, 0.2) is 5.17 Å². The molecule has 1 aliphatic rings. The van der Waals surface area contributed by atoms with Crippen molar-refractivity contribution >= 4 is 74.9 Å². The van der Waals surface area contributed by atoms with Gasteiger partial charge in [-0.25, -0.2) is 4.99 Å². The summed E-state index contributed by atoms with van der Waals surface area (Å²) in [6.07, 6.45) is 0.0766. The summed E-state index contributed by atoms with van der Waals surface area (Å²) < 4.78 is 0. The van der Waals surface area contributed by atoms with Crippen LogP contribution in [0.15, 0.2) is 47.5 Å². The van der Waals surface area contributed by atoms with Crippen molar-refractivity contribution in [3.05, 3.63) is 57.5 Å². The van der Waals surface area contributed by atoms with Crippen molar-refractivity contribution in [1.82, 2.24) is 4.90 Å². The number of nitrogens with zero attached hydrogens (tertiary/aromatic N) is 2. The molecule has 0 spiro atoms. The van der Waals surface area contributed by atoms with E-state index < -0.39 is 5.25 Å². The number of carbonyl (C=O) groups excluding carboxylic acids is 2. The largest absolute Gasteiger partial charge is 0.325 e. The summed E-state index contributed by atoms with van der Waals surface area (Å²) in [5.74, 6) is -0.475. The number of carbonyl (C=O) groups is 2. The first-order chi connectivity index (χ1) is 13.4. The van der Waals surface area contributed by atoms with Gasteiger partial charge in [-0.05, 0) is 43.3 Å². The van der Waals surface area contributed by atoms with Crippen molar-refractivity contribution in [2.75, 3.05) is 11.9 Å². The average Bonchev–Trinajstić information content (AvgIpc) is 2.60. The standard InChI is InChI=1S/C19H16Cl3N3O2S/c1-2-25-17(26)10-16(18(27)23-15-8-12(21)6-13(22)9-15)28-19(25)24-14-5-3-4-11(20)7-14/h3-9,16H,2,10H2,1H3,(H,23,27). The molecule has 1 saturated heterocycles. The monoisotopic (exact) mass is 455 g/mol. The zero-order valence-electron chi connectivity index (χ0n) is 14.8. The van der Waals surface area contributed by atoms with Crippen LogP contribution >= 0.6 is 46.6 Å². The van der Waals surface area contributed by atoms with Crippen molar-refractivity contribution in [3.63, 3.8) is 0 Å². The lowest BCUT2D eigenvalue weighted by atomic mass is 10.2. The molecule has 28 heavy (non-hydrogen) atoms. The molecule has 1 fully saturated rings. The summed E-state index contributed by atoms with van der Waals surface area (Å²) in [5.41, 5.74) is 1.09. The van der Waals surface area contributed by atoms with Crippen LogP contribution in [0.1, 0.15) is 13.3 Å². The average molecular weight is 457 g/mol. The number of anilines is 1. The van der Waals surface area contributed by atoms with Crippen molar-refractivity contribution in [2.45, 2.75) is 18.6 Å². The number of amides is 2. The van der Waals surface area contributed by atoms with E-state index in [1.807, 2.05) is 6.92 Å². The molecule has 146 valence electrons. The maximum atomic E-state index is 12.7. The zero-order chi connectivity index (χ0) is 20.3. The number of benzene rings is 2. The molecule has 3 rings (SSSR count). The summed E-state index contributed by atoms with van der Waals surface area (Å²) in [7, 11) is 0. The quantitative estimate of drug-likeness (QED) is 0.649. The van der Waals surface area contributed by atoms with E-state index in [0.29, 0.717) is 38.2 Å². The Balaban J connectivity index is 1.82. The van der Waals surface area contributed by atoms with Crippen LogP contribution in [0.2, 0.25) is 15.1 Å². The predicted molar refractivity (Wildman–Crippen MR) is 117 cm³/mol. The van der Waals surface area contributed by atoms with Gasteiger partial charge in [-0.2, -0.15) is 0 Å². The van der Waals surface area contributed by atoms with E-state index in [2.05, 4.69) is 10.3 Å². The third-order valence-corrected chi connectivity index (χ3v) is 5.77. The molecule has 1 unspecified atom stereocenters. The van der Waals surface area contributed by atoms with E-state index in [-0.39, 0.29) is 18.2 Å². The number of halogens is 3. The van der Waals surface area contributed by atoms with Gasteiger partial charge in [0.25, 0.3) is 0 Å². The van der Waals surface area contributed by atoms with Crippen LogP contribution < -0.4 is 5.32 Å². The Morgan fingerprint density at radius 2 is 1.89 bits per heavy atom. The fourth-order valence-electron chi connectivity index (χ4n) is 2.66. The Kier molecular flexibility index (Phi) is 6.88. The number of hydrogen-bond donors (Lipinski definition) is 1. The first-order valence-electron chi connectivity index (χ1n) is 8.44. The van der Waals surface area contributed by atoms with Gasteiger partial charge >= 0.3 is 0 Å². The van der Waals surface area contributed by atoms with E-state index in [0.717, 1.165) is 0 Å². The molecule has 0 radical (unpaired) electrons. The second-order valence-corrected chi connectivity index (χ2v) is 8.45. The van der Waals surface area contributed by atoms with E-state index in [4.69, 9.17) is 34.8 Å². The molecule has 1 heterocycles. The predicted octanol–water partition coefficient (Wildman–Crippen LogP) is 5.63. The highest BCUT2D eigenvalue weighted by molar-refractivity contribution is 8.15. The minimum absolute atomic E-state index is 0.0766. The molecule has 0 aliphatic carbocycles. The molecule has 0 saturated carbocycles. The Bertz CT molecular complexity index is 932. The molecule has 2 aromatic rings. The molecule has 1 atom stereocenters. The van der Waals surface area contributed by atoms with E-state index in [1.54, 1.807) is 47.4 Å². The van der Waals surface area contributed by atoms with Gasteiger partial charge in [-0.3, -0.25) is 14.5 Å². The fourth-order valence-corrected chi connectivity index (χ4v) is 4.53. The fraction of sp³-hybridized carbons (Fsp3) is 0.211. The van der Waals surface area contributed by atoms with Crippen molar-refractivity contribution in [2.24, 2.45) is 4.99 Å². The first kappa shape index (κ1) is 21.0.